The lowest BCUT2D eigenvalue weighted by atomic mass is 10.2. The molecule has 122 valence electrons. The molecule has 0 amide bonds. The van der Waals surface area contributed by atoms with Crippen molar-refractivity contribution in [3.63, 3.8) is 0 Å². The summed E-state index contributed by atoms with van der Waals surface area (Å²) < 4.78 is 15.0. The van der Waals surface area contributed by atoms with Crippen molar-refractivity contribution in [2.24, 2.45) is 5.10 Å². The lowest BCUT2D eigenvalue weighted by molar-refractivity contribution is -0.139. The van der Waals surface area contributed by atoms with Crippen molar-refractivity contribution in [2.45, 2.75) is 6.42 Å². The molecule has 23 heavy (non-hydrogen) atoms. The highest BCUT2D eigenvalue weighted by Gasteiger charge is 2.07. The van der Waals surface area contributed by atoms with Gasteiger partial charge in [0.1, 0.15) is 0 Å². The first-order valence-electron chi connectivity index (χ1n) is 6.68. The van der Waals surface area contributed by atoms with Crippen molar-refractivity contribution < 1.29 is 19.0 Å². The zero-order chi connectivity index (χ0) is 16.7. The molecule has 0 saturated heterocycles. The molecule has 0 aliphatic rings. The van der Waals surface area contributed by atoms with E-state index in [4.69, 9.17) is 9.47 Å². The smallest absolute Gasteiger partial charge is 0.311 e. The van der Waals surface area contributed by atoms with Gasteiger partial charge in [0.05, 0.1) is 39.7 Å². The molecule has 0 fully saturated rings. The molecule has 1 heterocycles. The van der Waals surface area contributed by atoms with E-state index in [9.17, 15) is 4.79 Å². The Kier molecular flexibility index (Phi) is 5.93. The molecule has 0 spiro atoms. The number of carbonyl (C=O) groups is 1. The van der Waals surface area contributed by atoms with Gasteiger partial charge in [0.15, 0.2) is 11.5 Å². The molecule has 0 aliphatic carbocycles. The number of methoxy groups -OCH3 is 3. The first-order chi connectivity index (χ1) is 11.2. The second-order valence-electron chi connectivity index (χ2n) is 4.38. The van der Waals surface area contributed by atoms with E-state index >= 15 is 0 Å². The number of hydrogen-bond acceptors (Lipinski definition) is 8. The van der Waals surface area contributed by atoms with E-state index in [1.54, 1.807) is 31.9 Å². The van der Waals surface area contributed by atoms with Crippen LogP contribution in [0, 0.1) is 0 Å². The summed E-state index contributed by atoms with van der Waals surface area (Å²) >= 11 is 1.36. The van der Waals surface area contributed by atoms with Gasteiger partial charge in [-0.3, -0.25) is 10.2 Å². The van der Waals surface area contributed by atoms with Crippen molar-refractivity contribution >= 4 is 28.7 Å². The number of nitrogens with zero attached hydrogens (tertiary/aromatic N) is 2. The van der Waals surface area contributed by atoms with Crippen LogP contribution in [0.25, 0.3) is 0 Å². The van der Waals surface area contributed by atoms with Gasteiger partial charge in [0.25, 0.3) is 0 Å². The lowest BCUT2D eigenvalue weighted by Crippen LogP contribution is -2.04. The predicted molar refractivity (Wildman–Crippen MR) is 88.6 cm³/mol. The van der Waals surface area contributed by atoms with Gasteiger partial charge in [0.2, 0.25) is 5.13 Å². The molecule has 0 radical (unpaired) electrons. The van der Waals surface area contributed by atoms with Crippen LogP contribution in [0.2, 0.25) is 0 Å². The van der Waals surface area contributed by atoms with Crippen LogP contribution in [0.15, 0.2) is 28.7 Å². The molecule has 0 aliphatic heterocycles. The Bertz CT molecular complexity index is 700. The number of carbonyl (C=O) groups excluding carboxylic acids is 1. The van der Waals surface area contributed by atoms with Gasteiger partial charge in [-0.15, -0.1) is 11.3 Å². The summed E-state index contributed by atoms with van der Waals surface area (Å²) in [5.74, 6) is 0.965. The fourth-order valence-corrected chi connectivity index (χ4v) is 2.41. The Morgan fingerprint density at radius 1 is 1.30 bits per heavy atom. The molecule has 0 saturated carbocycles. The standard InChI is InChI=1S/C15H17N3O4S/c1-20-12-5-4-10(6-13(12)21-2)8-16-18-15-17-11(9-23-15)7-14(19)22-3/h4-6,8-9H,7H2,1-3H3,(H,17,18)/b16-8-. The van der Waals surface area contributed by atoms with E-state index in [1.165, 1.54) is 18.4 Å². The monoisotopic (exact) mass is 335 g/mol. The van der Waals surface area contributed by atoms with Gasteiger partial charge >= 0.3 is 5.97 Å². The third-order valence-electron chi connectivity index (χ3n) is 2.89. The molecule has 7 nitrogen and oxygen atoms in total. The summed E-state index contributed by atoms with van der Waals surface area (Å²) in [4.78, 5) is 15.4. The summed E-state index contributed by atoms with van der Waals surface area (Å²) in [5.41, 5.74) is 4.32. The van der Waals surface area contributed by atoms with E-state index in [1.807, 2.05) is 12.1 Å². The minimum absolute atomic E-state index is 0.147. The second-order valence-corrected chi connectivity index (χ2v) is 5.24. The molecule has 0 bridgehead atoms. The number of ether oxygens (including phenoxy) is 3. The van der Waals surface area contributed by atoms with Crippen molar-refractivity contribution in [1.82, 2.24) is 4.98 Å². The largest absolute Gasteiger partial charge is 0.493 e. The van der Waals surface area contributed by atoms with Crippen molar-refractivity contribution in [3.8, 4) is 11.5 Å². The maximum absolute atomic E-state index is 11.2. The number of nitrogens with one attached hydrogen (secondary N) is 1. The molecular formula is C15H17N3O4S. The minimum Gasteiger partial charge on any atom is -0.493 e. The van der Waals surface area contributed by atoms with Crippen molar-refractivity contribution in [1.29, 1.82) is 0 Å². The first kappa shape index (κ1) is 16.8. The summed E-state index contributed by atoms with van der Waals surface area (Å²) in [6, 6.07) is 5.48. The van der Waals surface area contributed by atoms with Gasteiger partial charge in [0, 0.05) is 5.38 Å². The number of benzene rings is 1. The van der Waals surface area contributed by atoms with Gasteiger partial charge in [-0.1, -0.05) is 0 Å². The molecule has 8 heteroatoms. The Balaban J connectivity index is 1.97. The summed E-state index contributed by atoms with van der Waals surface area (Å²) in [6.45, 7) is 0. The number of rotatable bonds is 7. The van der Waals surface area contributed by atoms with Crippen molar-refractivity contribution in [2.75, 3.05) is 26.8 Å². The number of hydrazone groups is 1. The van der Waals surface area contributed by atoms with Crippen molar-refractivity contribution in [3.05, 3.63) is 34.8 Å². The SMILES string of the molecule is COC(=O)Cc1csc(N/N=C\c2ccc(OC)c(OC)c2)n1. The molecule has 0 unspecified atom stereocenters. The van der Waals surface area contributed by atoms with Crippen LogP contribution in [0.3, 0.4) is 0 Å². The molecule has 2 aromatic rings. The van der Waals surface area contributed by atoms with E-state index < -0.39 is 0 Å². The van der Waals surface area contributed by atoms with Crippen LogP contribution in [-0.2, 0) is 16.0 Å². The molecule has 0 atom stereocenters. The normalized spacial score (nSPS) is 10.6. The fourth-order valence-electron chi connectivity index (χ4n) is 1.75. The molecule has 1 aromatic carbocycles. The van der Waals surface area contributed by atoms with Crippen LogP contribution < -0.4 is 14.9 Å². The number of thiazole rings is 1. The Labute approximate surface area is 137 Å². The minimum atomic E-state index is -0.323. The average Bonchev–Trinajstić information content (AvgIpc) is 3.01. The molecular weight excluding hydrogens is 318 g/mol. The summed E-state index contributed by atoms with van der Waals surface area (Å²) in [5, 5.41) is 6.50. The van der Waals surface area contributed by atoms with E-state index in [-0.39, 0.29) is 12.4 Å². The quantitative estimate of drug-likeness (QED) is 0.475. The molecule has 1 N–H and O–H groups in total. The number of hydrogen-bond donors (Lipinski definition) is 1. The van der Waals surface area contributed by atoms with E-state index in [0.29, 0.717) is 22.3 Å². The van der Waals surface area contributed by atoms with Crippen LogP contribution in [0.1, 0.15) is 11.3 Å². The van der Waals surface area contributed by atoms with Crippen LogP contribution in [0.4, 0.5) is 5.13 Å². The number of esters is 1. The third-order valence-corrected chi connectivity index (χ3v) is 3.68. The highest BCUT2D eigenvalue weighted by molar-refractivity contribution is 7.13. The van der Waals surface area contributed by atoms with Crippen LogP contribution >= 0.6 is 11.3 Å². The zero-order valence-corrected chi connectivity index (χ0v) is 13.8. The van der Waals surface area contributed by atoms with E-state index in [2.05, 4.69) is 20.2 Å². The first-order valence-corrected chi connectivity index (χ1v) is 7.56. The topological polar surface area (TPSA) is 82.0 Å². The highest BCUT2D eigenvalue weighted by atomic mass is 32.1. The van der Waals surface area contributed by atoms with Crippen LogP contribution in [0.5, 0.6) is 11.5 Å². The fraction of sp³-hybridized carbons (Fsp3) is 0.267. The summed E-state index contributed by atoms with van der Waals surface area (Å²) in [7, 11) is 4.51. The van der Waals surface area contributed by atoms with Gasteiger partial charge in [-0.05, 0) is 23.8 Å². The Hall–Kier alpha value is -2.61. The van der Waals surface area contributed by atoms with Crippen LogP contribution in [-0.4, -0.2) is 38.5 Å². The third kappa shape index (κ3) is 4.68. The van der Waals surface area contributed by atoms with Gasteiger partial charge in [-0.2, -0.15) is 5.10 Å². The maximum Gasteiger partial charge on any atom is 0.311 e. The number of aromatic nitrogens is 1. The Morgan fingerprint density at radius 3 is 2.78 bits per heavy atom. The highest BCUT2D eigenvalue weighted by Crippen LogP contribution is 2.26. The lowest BCUT2D eigenvalue weighted by Gasteiger charge is -2.07. The average molecular weight is 335 g/mol. The molecule has 1 aromatic heterocycles. The zero-order valence-electron chi connectivity index (χ0n) is 13.0. The van der Waals surface area contributed by atoms with Gasteiger partial charge < -0.3 is 14.2 Å². The molecule has 2 rings (SSSR count). The van der Waals surface area contributed by atoms with Gasteiger partial charge in [-0.25, -0.2) is 4.98 Å². The Morgan fingerprint density at radius 2 is 2.09 bits per heavy atom. The predicted octanol–water partition coefficient (Wildman–Crippen LogP) is 2.32. The summed E-state index contributed by atoms with van der Waals surface area (Å²) in [6.07, 6.45) is 1.79. The second kappa shape index (κ2) is 8.14. The number of anilines is 1. The van der Waals surface area contributed by atoms with E-state index in [0.717, 1.165) is 5.56 Å². The maximum atomic E-state index is 11.2.